The standard InChI is InChI=1S/C27H25N3O3S/c1-32-20-12-8-18(9-13-20)26(31)25-24(28)23(22(34)16-17-6-4-3-5-7-17)27(30-25)29-19-10-14-21(33-2)15-11-19/h3-15,29-30H,16,28H2,1-2H3. The minimum absolute atomic E-state index is 0.230. The van der Waals surface area contributed by atoms with Crippen LogP contribution in [0.1, 0.15) is 27.2 Å². The fourth-order valence-electron chi connectivity index (χ4n) is 3.65. The minimum Gasteiger partial charge on any atom is -0.497 e. The Bertz CT molecular complexity index is 1300. The van der Waals surface area contributed by atoms with Gasteiger partial charge in [-0.2, -0.15) is 0 Å². The Labute approximate surface area is 203 Å². The van der Waals surface area contributed by atoms with E-state index in [1.54, 1.807) is 38.5 Å². The second kappa shape index (κ2) is 10.2. The van der Waals surface area contributed by atoms with Crippen molar-refractivity contribution in [1.29, 1.82) is 0 Å². The lowest BCUT2D eigenvalue weighted by atomic mass is 10.0. The highest BCUT2D eigenvalue weighted by Crippen LogP contribution is 2.32. The number of aromatic amines is 1. The number of ketones is 1. The van der Waals surface area contributed by atoms with Crippen LogP contribution in [0.3, 0.4) is 0 Å². The molecule has 0 saturated carbocycles. The van der Waals surface area contributed by atoms with Crippen LogP contribution in [0.5, 0.6) is 11.5 Å². The fraction of sp³-hybridized carbons (Fsp3) is 0.111. The van der Waals surface area contributed by atoms with Crippen LogP contribution < -0.4 is 20.5 Å². The first-order chi connectivity index (χ1) is 16.5. The van der Waals surface area contributed by atoms with E-state index in [4.69, 9.17) is 27.4 Å². The van der Waals surface area contributed by atoms with Crippen LogP contribution in [0, 0.1) is 0 Å². The van der Waals surface area contributed by atoms with Gasteiger partial charge >= 0.3 is 0 Å². The number of aromatic nitrogens is 1. The van der Waals surface area contributed by atoms with E-state index < -0.39 is 0 Å². The normalized spacial score (nSPS) is 10.5. The maximum absolute atomic E-state index is 13.3. The summed E-state index contributed by atoms with van der Waals surface area (Å²) in [6.45, 7) is 0. The van der Waals surface area contributed by atoms with Crippen LogP contribution in [0.4, 0.5) is 17.2 Å². The lowest BCUT2D eigenvalue weighted by Crippen LogP contribution is -2.08. The molecule has 34 heavy (non-hydrogen) atoms. The molecule has 4 aromatic rings. The molecule has 0 aliphatic rings. The molecule has 172 valence electrons. The summed E-state index contributed by atoms with van der Waals surface area (Å²) in [6.07, 6.45) is 0.520. The fourth-order valence-corrected chi connectivity index (χ4v) is 4.03. The molecule has 1 heterocycles. The van der Waals surface area contributed by atoms with Gasteiger partial charge in [0.15, 0.2) is 0 Å². The molecule has 0 aliphatic heterocycles. The number of carbonyl (C=O) groups is 1. The minimum atomic E-state index is -0.230. The van der Waals surface area contributed by atoms with Crippen molar-refractivity contribution in [2.45, 2.75) is 6.42 Å². The van der Waals surface area contributed by atoms with Gasteiger partial charge in [-0.05, 0) is 54.1 Å². The average molecular weight is 472 g/mol. The van der Waals surface area contributed by atoms with Crippen molar-refractivity contribution in [3.63, 3.8) is 0 Å². The van der Waals surface area contributed by atoms with Gasteiger partial charge in [0.05, 0.1) is 25.5 Å². The second-order valence-corrected chi connectivity index (χ2v) is 8.15. The van der Waals surface area contributed by atoms with E-state index in [1.165, 1.54) is 0 Å². The smallest absolute Gasteiger partial charge is 0.211 e. The molecule has 0 unspecified atom stereocenters. The number of methoxy groups -OCH3 is 2. The summed E-state index contributed by atoms with van der Waals surface area (Å²) in [5, 5.41) is 3.33. The third kappa shape index (κ3) is 4.94. The third-order valence-electron chi connectivity index (χ3n) is 5.46. The van der Waals surface area contributed by atoms with Crippen LogP contribution >= 0.6 is 12.2 Å². The maximum Gasteiger partial charge on any atom is 0.211 e. The van der Waals surface area contributed by atoms with Gasteiger partial charge in [0.1, 0.15) is 23.0 Å². The Morgan fingerprint density at radius 3 is 2.09 bits per heavy atom. The Kier molecular flexibility index (Phi) is 6.94. The molecule has 1 aromatic heterocycles. The van der Waals surface area contributed by atoms with Crippen LogP contribution in [-0.4, -0.2) is 29.9 Å². The predicted molar refractivity (Wildman–Crippen MR) is 140 cm³/mol. The lowest BCUT2D eigenvalue weighted by Gasteiger charge is -2.10. The van der Waals surface area contributed by atoms with E-state index in [0.29, 0.717) is 39.7 Å². The van der Waals surface area contributed by atoms with E-state index in [1.807, 2.05) is 54.6 Å². The number of benzene rings is 3. The van der Waals surface area contributed by atoms with E-state index in [2.05, 4.69) is 10.3 Å². The molecule has 0 spiro atoms. The molecule has 3 aromatic carbocycles. The number of hydrogen-bond donors (Lipinski definition) is 3. The van der Waals surface area contributed by atoms with Gasteiger partial charge in [0.2, 0.25) is 5.78 Å². The van der Waals surface area contributed by atoms with E-state index in [9.17, 15) is 4.79 Å². The Morgan fingerprint density at radius 2 is 1.50 bits per heavy atom. The summed E-state index contributed by atoms with van der Waals surface area (Å²) < 4.78 is 10.4. The predicted octanol–water partition coefficient (Wildman–Crippen LogP) is 5.55. The topological polar surface area (TPSA) is 89.4 Å². The SMILES string of the molecule is COc1ccc(Nc2[nH]c(C(=O)c3ccc(OC)cc3)c(N)c2C(=S)Cc2ccccc2)cc1. The van der Waals surface area contributed by atoms with Gasteiger partial charge < -0.3 is 25.5 Å². The number of thiocarbonyl (C=S) groups is 1. The van der Waals surface area contributed by atoms with Gasteiger partial charge in [-0.3, -0.25) is 4.79 Å². The molecular formula is C27H25N3O3S. The lowest BCUT2D eigenvalue weighted by molar-refractivity contribution is 0.103. The summed E-state index contributed by atoms with van der Waals surface area (Å²) in [6, 6.07) is 24.3. The van der Waals surface area contributed by atoms with E-state index in [0.717, 1.165) is 17.0 Å². The largest absolute Gasteiger partial charge is 0.497 e. The molecule has 0 amide bonds. The number of anilines is 3. The summed E-state index contributed by atoms with van der Waals surface area (Å²) in [5.41, 5.74) is 10.1. The molecule has 6 nitrogen and oxygen atoms in total. The van der Waals surface area contributed by atoms with Crippen molar-refractivity contribution in [3.05, 3.63) is 101 Å². The second-order valence-electron chi connectivity index (χ2n) is 7.66. The van der Waals surface area contributed by atoms with Gasteiger partial charge in [0, 0.05) is 22.5 Å². The molecule has 0 radical (unpaired) electrons. The van der Waals surface area contributed by atoms with Gasteiger partial charge in [-0.15, -0.1) is 0 Å². The number of carbonyl (C=O) groups excluding carboxylic acids is 1. The van der Waals surface area contributed by atoms with Crippen LogP contribution in [0.2, 0.25) is 0 Å². The summed E-state index contributed by atoms with van der Waals surface area (Å²) >= 11 is 5.79. The number of ether oxygens (including phenoxy) is 2. The van der Waals surface area contributed by atoms with Gasteiger partial charge in [0.25, 0.3) is 0 Å². The molecular weight excluding hydrogens is 446 g/mol. The third-order valence-corrected chi connectivity index (χ3v) is 5.81. The monoisotopic (exact) mass is 471 g/mol. The van der Waals surface area contributed by atoms with Crippen molar-refractivity contribution >= 4 is 40.1 Å². The molecule has 0 aliphatic carbocycles. The zero-order chi connectivity index (χ0) is 24.1. The van der Waals surface area contributed by atoms with Crippen molar-refractivity contribution in [3.8, 4) is 11.5 Å². The first-order valence-electron chi connectivity index (χ1n) is 10.7. The molecule has 7 heteroatoms. The zero-order valence-corrected chi connectivity index (χ0v) is 19.7. The van der Waals surface area contributed by atoms with Gasteiger partial charge in [-0.1, -0.05) is 42.5 Å². The highest BCUT2D eigenvalue weighted by molar-refractivity contribution is 7.80. The van der Waals surface area contributed by atoms with Crippen molar-refractivity contribution in [1.82, 2.24) is 4.98 Å². The summed E-state index contributed by atoms with van der Waals surface area (Å²) in [4.78, 5) is 17.1. The van der Waals surface area contributed by atoms with Crippen LogP contribution in [0.25, 0.3) is 0 Å². The number of H-pyrrole nitrogens is 1. The van der Waals surface area contributed by atoms with Crippen LogP contribution in [-0.2, 0) is 6.42 Å². The van der Waals surface area contributed by atoms with E-state index >= 15 is 0 Å². The summed E-state index contributed by atoms with van der Waals surface area (Å²) in [7, 11) is 3.20. The quantitative estimate of drug-likeness (QED) is 0.219. The number of hydrogen-bond acceptors (Lipinski definition) is 6. The average Bonchev–Trinajstić information content (AvgIpc) is 3.20. The molecule has 4 rings (SSSR count). The first kappa shape index (κ1) is 23.1. The molecule has 0 bridgehead atoms. The van der Waals surface area contributed by atoms with Gasteiger partial charge in [-0.25, -0.2) is 0 Å². The number of nitrogen functional groups attached to an aromatic ring is 1. The summed E-state index contributed by atoms with van der Waals surface area (Å²) in [5.74, 6) is 1.75. The molecule has 0 fully saturated rings. The Balaban J connectivity index is 1.72. The maximum atomic E-state index is 13.3. The van der Waals surface area contributed by atoms with Crippen molar-refractivity contribution in [2.24, 2.45) is 0 Å². The highest BCUT2D eigenvalue weighted by Gasteiger charge is 2.24. The molecule has 4 N–H and O–H groups in total. The van der Waals surface area contributed by atoms with Crippen LogP contribution in [0.15, 0.2) is 78.9 Å². The van der Waals surface area contributed by atoms with E-state index in [-0.39, 0.29) is 11.5 Å². The highest BCUT2D eigenvalue weighted by atomic mass is 32.1. The zero-order valence-electron chi connectivity index (χ0n) is 18.9. The molecule has 0 saturated heterocycles. The number of nitrogens with two attached hydrogens (primary N) is 1. The molecule has 0 atom stereocenters. The van der Waals surface area contributed by atoms with Crippen molar-refractivity contribution < 1.29 is 14.3 Å². The van der Waals surface area contributed by atoms with Crippen molar-refractivity contribution in [2.75, 3.05) is 25.3 Å². The number of rotatable bonds is 9. The first-order valence-corrected chi connectivity index (χ1v) is 11.1. The Hall–Kier alpha value is -4.10. The number of nitrogens with one attached hydrogen (secondary N) is 2. The Morgan fingerprint density at radius 1 is 0.912 bits per heavy atom.